The fourth-order valence-corrected chi connectivity index (χ4v) is 16.2. The number of carboxylic acids is 1. The first-order valence-corrected chi connectivity index (χ1v) is 56.0. The summed E-state index contributed by atoms with van der Waals surface area (Å²) < 4.78 is 135. The van der Waals surface area contributed by atoms with Crippen molar-refractivity contribution in [1.29, 1.82) is 0 Å². The molecule has 11 aromatic rings. The first kappa shape index (κ1) is 111. The first-order chi connectivity index (χ1) is 61.6. The van der Waals surface area contributed by atoms with Crippen LogP contribution in [0.2, 0.25) is 31.2 Å². The second-order valence-corrected chi connectivity index (χ2v) is 49.4. The Morgan fingerprint density at radius 3 is 1.31 bits per heavy atom. The second kappa shape index (κ2) is 48.2. The van der Waals surface area contributed by atoms with Crippen LogP contribution in [-0.2, 0) is 86.5 Å². The number of ether oxygens (including phenoxy) is 7. The number of aliphatic hydroxyl groups excluding tert-OH is 4. The van der Waals surface area contributed by atoms with Crippen molar-refractivity contribution >= 4 is 202 Å². The van der Waals surface area contributed by atoms with Crippen LogP contribution in [0.25, 0.3) is 55.8 Å². The van der Waals surface area contributed by atoms with E-state index in [2.05, 4.69) is 97.5 Å². The third kappa shape index (κ3) is 32.1. The third-order valence-corrected chi connectivity index (χ3v) is 23.7. The molecule has 16 rings (SSSR count). The molecule has 0 saturated carbocycles. The van der Waals surface area contributed by atoms with Crippen LogP contribution in [0.4, 0.5) is 29.1 Å². The first-order valence-electron chi connectivity index (χ1n) is 38.5. The Labute approximate surface area is 824 Å². The number of hydrogen-bond donors (Lipinski definition) is 10. The molecule has 0 aliphatic carbocycles. The zero-order valence-corrected chi connectivity index (χ0v) is 87.3. The van der Waals surface area contributed by atoms with Crippen LogP contribution >= 0.6 is 79.4 Å². The van der Waals surface area contributed by atoms with E-state index in [9.17, 15) is 38.3 Å². The van der Waals surface area contributed by atoms with Gasteiger partial charge < -0.3 is 80.9 Å². The Hall–Kier alpha value is -6.82. The van der Waals surface area contributed by atoms with Gasteiger partial charge in [0.25, 0.3) is 0 Å². The number of fused-ring (bicyclic) bond motifs is 5. The standard InChI is InChI=1S/C23H29ClN5O4PSe.C17H23ClN5O4P.C10H10ClN5O4.C10H12ClN5O3.C9H8ClN5O.C3H9O2P.IO4.Na.2O.Pt/c1-23(2,3)21(30)26-18-17-19(28-22(24)27-18)29(12-25-17)16-11-15(35-14-9-7-6-8-10-14)20(33-16)32-13-34(4,5)31;1-17(2,3)15(24)20-13-12-14(22-16(18)21-13)23(8-19-12)10-6-7-11(27-10)26-9-28(4,5)25;11-10-14-7(12)5-8(15-10)16(2-13-5)4-1-3(17)6(20-4)9(18)19;11-10-14-8(12)7-9(15-10)16(3-13-7)6-1-4(18)5(2-17)19-6;10-9-13-7(11)6-8(14-9)15(4-12-6)5-2-1-3-16-5;1-6(2,5)3-4;2-1(3,4)5;;;;/h6-10,12,15-16,20H,11,13H2,1-5H3,(H,26,27,28,30);6-8,10-11H,9H2,1-5H3,(H,20,21,22,24);2-4,6,17H,1H2,(H,18,19)(H2,12,14,15);3-6,17-18H,1-2H2,(H2,12,14,15);1,3-5H,2H2,(H2,11,13,14);4H,3H2,1-2H3;;;;;/q;;;;;;-1;+1;;;/t15-,16+,20-;10-,11+;3-,4+,6-;4-,5+,6+;5-;;;;;;/m01001....../s1. The summed E-state index contributed by atoms with van der Waals surface area (Å²) in [7, 11) is -6.78. The maximum atomic E-state index is 12.6. The van der Waals surface area contributed by atoms with Crippen molar-refractivity contribution in [3.05, 3.63) is 113 Å². The summed E-state index contributed by atoms with van der Waals surface area (Å²) in [6.07, 6.45) is 9.63. The van der Waals surface area contributed by atoms with E-state index in [0.717, 1.165) is 6.42 Å². The number of carboxylic acid groups (broad SMARTS) is 1. The number of nitrogen functional groups attached to an aromatic ring is 3. The number of imidazole rings is 5. The number of carbonyl (C=O) groups is 3. The second-order valence-electron chi connectivity index (χ2n) is 32.1. The molecule has 10 aromatic heterocycles. The van der Waals surface area contributed by atoms with Crippen LogP contribution in [0.1, 0.15) is 98.4 Å². The number of halogens is 6. The molecule has 0 spiro atoms. The van der Waals surface area contributed by atoms with Crippen LogP contribution in [0, 0.1) is 10.8 Å². The zero-order valence-electron chi connectivity index (χ0n) is 72.7. The monoisotopic (exact) mass is 2380 g/mol. The van der Waals surface area contributed by atoms with E-state index in [1.165, 1.54) is 28.0 Å². The number of aliphatic carboxylic acids is 1. The molecule has 0 unspecified atom stereocenters. The predicted octanol–water partition coefficient (Wildman–Crippen LogP) is -1.84. The molecule has 1 aromatic carbocycles. The molecule has 15 heterocycles. The van der Waals surface area contributed by atoms with Gasteiger partial charge >= 0.3 is 277 Å². The summed E-state index contributed by atoms with van der Waals surface area (Å²) in [6, 6.07) is 10.2. The van der Waals surface area contributed by atoms with E-state index in [0.29, 0.717) is 68.7 Å². The summed E-state index contributed by atoms with van der Waals surface area (Å²) in [4.78, 5) is 97.5. The van der Waals surface area contributed by atoms with Gasteiger partial charge in [0.15, 0.2) is 76.2 Å². The van der Waals surface area contributed by atoms with Crippen molar-refractivity contribution in [2.75, 3.05) is 93.5 Å². The Kier molecular flexibility index (Phi) is 40.4. The molecule has 133 heavy (non-hydrogen) atoms. The number of nitrogens with zero attached hydrogens (tertiary/aromatic N) is 20. The van der Waals surface area contributed by atoms with Crippen LogP contribution in [0.5, 0.6) is 0 Å². The maximum absolute atomic E-state index is 12.6. The summed E-state index contributed by atoms with van der Waals surface area (Å²) in [5, 5.41) is 51.2. The molecule has 3 fully saturated rings. The molecule has 0 bridgehead atoms. The van der Waals surface area contributed by atoms with E-state index in [1.807, 2.05) is 45.0 Å². The quantitative estimate of drug-likeness (QED) is 0.0148. The average molecular weight is 2380 g/mol. The van der Waals surface area contributed by atoms with E-state index < -0.39 is 139 Å². The number of amides is 2. The molecule has 722 valence electrons. The van der Waals surface area contributed by atoms with Gasteiger partial charge in [0.05, 0.1) is 50.4 Å². The van der Waals surface area contributed by atoms with Crippen molar-refractivity contribution in [3.8, 4) is 0 Å². The molecule has 13 N–H and O–H groups in total. The molecule has 5 aliphatic heterocycles. The molecule has 12 atom stereocenters. The summed E-state index contributed by atoms with van der Waals surface area (Å²) in [5.41, 5.74) is 20.2. The van der Waals surface area contributed by atoms with E-state index in [1.54, 1.807) is 110 Å². The van der Waals surface area contributed by atoms with E-state index >= 15 is 0 Å². The normalized spacial score (nSPS) is 21.0. The van der Waals surface area contributed by atoms with Gasteiger partial charge in [-0.25, -0.2) is 24.7 Å². The molecule has 0 radical (unpaired) electrons. The number of anilines is 5. The fourth-order valence-electron chi connectivity index (χ4n) is 11.8. The minimum absolute atomic E-state index is 0. The number of aromatic nitrogens is 20. The van der Waals surface area contributed by atoms with Gasteiger partial charge in [-0.05, 0) is 91.3 Å². The number of nitrogens with one attached hydrogen (secondary N) is 2. The molecule has 49 nitrogen and oxygen atoms in total. The molecule has 5 aliphatic rings. The molecular weight excluding hydrogens is 2290 g/mol. The Morgan fingerprint density at radius 2 is 0.925 bits per heavy atom. The number of aliphatic hydroxyl groups is 4. The number of carbonyl (C=O) groups excluding carboxylic acids is 2. The Morgan fingerprint density at radius 1 is 0.549 bits per heavy atom. The van der Waals surface area contributed by atoms with Gasteiger partial charge in [0.2, 0.25) is 27.0 Å². The Bertz CT molecular complexity index is 6150. The SMILES string of the molecule is CC(C)(C)C(=O)Nc1nc(Cl)nc2c1ncn2[C@H]1C=C[C@@H](OCP(C)(C)=O)O1.CC(C)(C)C(=O)Nc1nc(Cl)nc2c1ncn2[C@H]1C[C@H]([Se]c2ccccc2)[C@@H](OCP(C)(C)=O)O1.CP(C)(=O)CO.Nc1nc(Cl)nc2c1ncn2[C@H]1CC=CO1.Nc1nc(Cl)nc2c1ncn2[C@H]1C[C@H](O)[C@@H](C(=O)O)O1.Nc1nc(Cl)nc2c1ncn2[C@H]1C[C@H](O)[C@@H](CO)O1.[Na+].[O-][I+3]([O-])([O-])[O-].[O]=[Pt]=[O]. The van der Waals surface area contributed by atoms with Gasteiger partial charge in [-0.3, -0.25) is 36.8 Å². The zero-order chi connectivity index (χ0) is 97.6. The fraction of sp³-hybridized carbons (Fsp3) is 0.472. The van der Waals surface area contributed by atoms with Gasteiger partial charge in [0.1, 0.15) is 82.2 Å². The number of benzene rings is 1. The molecule has 2 amide bonds. The number of nitrogens with two attached hydrogens (primary N) is 3. The van der Waals surface area contributed by atoms with Crippen molar-refractivity contribution < 1.29 is 175 Å². The van der Waals surface area contributed by atoms with Gasteiger partial charge in [-0.15, -0.1) is 0 Å². The molecule has 3 saturated heterocycles. The third-order valence-electron chi connectivity index (χ3n) is 18.0. The average Bonchev–Trinajstić information content (AvgIpc) is 1.63. The van der Waals surface area contributed by atoms with Crippen molar-refractivity contribution in [1.82, 2.24) is 97.6 Å². The van der Waals surface area contributed by atoms with Crippen molar-refractivity contribution in [2.24, 2.45) is 10.8 Å². The summed E-state index contributed by atoms with van der Waals surface area (Å²) >= 11 is 21.8. The van der Waals surface area contributed by atoms with Crippen molar-refractivity contribution in [2.45, 2.75) is 140 Å². The Balaban J connectivity index is 0.000000201. The van der Waals surface area contributed by atoms with Gasteiger partial charge in [0, 0.05) is 24.7 Å². The molecule has 61 heteroatoms. The predicted molar refractivity (Wildman–Crippen MR) is 465 cm³/mol. The number of hydrogen-bond acceptors (Lipinski definition) is 41. The molecular formula is C72H91Cl5IN25NaO24P3PtSe. The van der Waals surface area contributed by atoms with Gasteiger partial charge in [-0.1, -0.05) is 20.8 Å². The van der Waals surface area contributed by atoms with Crippen molar-refractivity contribution in [3.63, 3.8) is 0 Å². The van der Waals surface area contributed by atoms with E-state index in [4.69, 9.17) is 144 Å². The van der Waals surface area contributed by atoms with E-state index in [-0.39, 0.29) is 155 Å². The van der Waals surface area contributed by atoms with Crippen LogP contribution in [0.3, 0.4) is 0 Å². The van der Waals surface area contributed by atoms with Crippen LogP contribution in [-0.4, -0.2) is 259 Å². The van der Waals surface area contributed by atoms with Gasteiger partial charge in [-0.2, -0.15) is 39.9 Å². The topological polar surface area (TPSA) is 715 Å². The number of rotatable bonds is 18. The summed E-state index contributed by atoms with van der Waals surface area (Å²) in [5.74, 6) is -0.571. The van der Waals surface area contributed by atoms with Crippen LogP contribution < -0.4 is 95.7 Å². The van der Waals surface area contributed by atoms with Crippen LogP contribution in [0.15, 0.2) is 86.5 Å². The minimum atomic E-state index is -5.94. The summed E-state index contributed by atoms with van der Waals surface area (Å²) in [6.45, 7) is 20.4.